The van der Waals surface area contributed by atoms with E-state index in [1.54, 1.807) is 0 Å². The highest BCUT2D eigenvalue weighted by Crippen LogP contribution is 2.27. The average molecular weight is 237 g/mol. The number of rotatable bonds is 6. The van der Waals surface area contributed by atoms with Gasteiger partial charge in [0.15, 0.2) is 0 Å². The number of benzene rings is 1. The summed E-state index contributed by atoms with van der Waals surface area (Å²) in [5.74, 6) is 0.564. The van der Waals surface area contributed by atoms with Crippen LogP contribution in [0.15, 0.2) is 24.3 Å². The van der Waals surface area contributed by atoms with Crippen molar-refractivity contribution in [2.75, 3.05) is 20.8 Å². The summed E-state index contributed by atoms with van der Waals surface area (Å²) in [5, 5.41) is 3.10. The van der Waals surface area contributed by atoms with Crippen LogP contribution in [0.1, 0.15) is 24.9 Å². The Kier molecular flexibility index (Phi) is 5.49. The molecule has 0 fully saturated rings. The van der Waals surface area contributed by atoms with Crippen molar-refractivity contribution < 1.29 is 14.3 Å². The molecule has 0 saturated heterocycles. The zero-order valence-corrected chi connectivity index (χ0v) is 10.5. The first-order valence-corrected chi connectivity index (χ1v) is 5.68. The van der Waals surface area contributed by atoms with E-state index in [1.807, 2.05) is 38.2 Å². The molecule has 17 heavy (non-hydrogen) atoms. The number of hydrogen-bond donors (Lipinski definition) is 1. The second-order valence-corrected chi connectivity index (χ2v) is 3.59. The lowest BCUT2D eigenvalue weighted by atomic mass is 10.0. The molecule has 1 aromatic rings. The zero-order chi connectivity index (χ0) is 12.7. The van der Waals surface area contributed by atoms with Gasteiger partial charge in [-0.2, -0.15) is 0 Å². The van der Waals surface area contributed by atoms with Gasteiger partial charge >= 0.3 is 5.97 Å². The Hall–Kier alpha value is -1.55. The van der Waals surface area contributed by atoms with E-state index >= 15 is 0 Å². The number of nitrogens with one attached hydrogen (secondary N) is 1. The Morgan fingerprint density at radius 2 is 2.12 bits per heavy atom. The molecule has 1 N–H and O–H groups in total. The molecule has 94 valence electrons. The maximum absolute atomic E-state index is 11.3. The van der Waals surface area contributed by atoms with E-state index < -0.39 is 0 Å². The van der Waals surface area contributed by atoms with E-state index in [0.29, 0.717) is 6.61 Å². The molecule has 0 spiro atoms. The van der Waals surface area contributed by atoms with Crippen LogP contribution in [0.2, 0.25) is 0 Å². The minimum Gasteiger partial charge on any atom is -0.494 e. The van der Waals surface area contributed by atoms with Gasteiger partial charge in [-0.15, -0.1) is 0 Å². The highest BCUT2D eigenvalue weighted by Gasteiger charge is 2.17. The fourth-order valence-corrected chi connectivity index (χ4v) is 1.67. The van der Waals surface area contributed by atoms with Crippen LogP contribution in [0.25, 0.3) is 0 Å². The van der Waals surface area contributed by atoms with E-state index in [1.165, 1.54) is 7.11 Å². The smallest absolute Gasteiger partial charge is 0.307 e. The van der Waals surface area contributed by atoms with Crippen LogP contribution in [-0.4, -0.2) is 26.7 Å². The largest absolute Gasteiger partial charge is 0.494 e. The van der Waals surface area contributed by atoms with Gasteiger partial charge in [0, 0.05) is 11.6 Å². The molecular weight excluding hydrogens is 218 g/mol. The molecular formula is C13H19NO3. The molecule has 1 aromatic carbocycles. The molecule has 1 atom stereocenters. The minimum atomic E-state index is -0.240. The maximum atomic E-state index is 11.3. The highest BCUT2D eigenvalue weighted by molar-refractivity contribution is 5.70. The van der Waals surface area contributed by atoms with Gasteiger partial charge in [0.25, 0.3) is 0 Å². The van der Waals surface area contributed by atoms with Crippen LogP contribution in [0.3, 0.4) is 0 Å². The van der Waals surface area contributed by atoms with Crippen LogP contribution in [0.4, 0.5) is 0 Å². The van der Waals surface area contributed by atoms with Crippen LogP contribution in [0.5, 0.6) is 5.75 Å². The predicted octanol–water partition coefficient (Wildman–Crippen LogP) is 1.91. The summed E-state index contributed by atoms with van der Waals surface area (Å²) < 4.78 is 10.2. The van der Waals surface area contributed by atoms with Gasteiger partial charge in [-0.1, -0.05) is 18.2 Å². The molecule has 0 heterocycles. The second kappa shape index (κ2) is 6.91. The van der Waals surface area contributed by atoms with Gasteiger partial charge in [0.2, 0.25) is 0 Å². The minimum absolute atomic E-state index is 0.0924. The average Bonchev–Trinajstić information content (AvgIpc) is 2.37. The van der Waals surface area contributed by atoms with Gasteiger partial charge in [0.05, 0.1) is 20.1 Å². The third-order valence-corrected chi connectivity index (χ3v) is 2.54. The quantitative estimate of drug-likeness (QED) is 0.768. The van der Waals surface area contributed by atoms with Crippen molar-refractivity contribution in [1.82, 2.24) is 5.32 Å². The monoisotopic (exact) mass is 237 g/mol. The van der Waals surface area contributed by atoms with Crippen molar-refractivity contribution in [3.8, 4) is 5.75 Å². The number of carbonyl (C=O) groups excluding carboxylic acids is 1. The Morgan fingerprint density at radius 1 is 1.41 bits per heavy atom. The van der Waals surface area contributed by atoms with E-state index in [0.717, 1.165) is 11.3 Å². The summed E-state index contributed by atoms with van der Waals surface area (Å²) in [4.78, 5) is 11.3. The maximum Gasteiger partial charge on any atom is 0.307 e. The van der Waals surface area contributed by atoms with Crippen LogP contribution < -0.4 is 10.1 Å². The van der Waals surface area contributed by atoms with Crippen LogP contribution >= 0.6 is 0 Å². The summed E-state index contributed by atoms with van der Waals surface area (Å²) >= 11 is 0. The van der Waals surface area contributed by atoms with E-state index in [-0.39, 0.29) is 18.4 Å². The zero-order valence-electron chi connectivity index (χ0n) is 10.5. The highest BCUT2D eigenvalue weighted by atomic mass is 16.5. The van der Waals surface area contributed by atoms with E-state index in [2.05, 4.69) is 10.1 Å². The van der Waals surface area contributed by atoms with Gasteiger partial charge < -0.3 is 14.8 Å². The van der Waals surface area contributed by atoms with E-state index in [9.17, 15) is 4.79 Å². The molecule has 0 saturated carbocycles. The number of ether oxygens (including phenoxy) is 2. The number of methoxy groups -OCH3 is 1. The molecule has 0 aliphatic heterocycles. The van der Waals surface area contributed by atoms with Crippen molar-refractivity contribution >= 4 is 5.97 Å². The van der Waals surface area contributed by atoms with Gasteiger partial charge in [-0.05, 0) is 20.0 Å². The Balaban J connectivity index is 2.90. The Morgan fingerprint density at radius 3 is 2.71 bits per heavy atom. The van der Waals surface area contributed by atoms with Crippen molar-refractivity contribution in [1.29, 1.82) is 0 Å². The van der Waals surface area contributed by atoms with Gasteiger partial charge in [-0.3, -0.25) is 4.79 Å². The molecule has 1 unspecified atom stereocenters. The summed E-state index contributed by atoms with van der Waals surface area (Å²) in [6.07, 6.45) is 0.289. The third-order valence-electron chi connectivity index (χ3n) is 2.54. The number of esters is 1. The standard InChI is InChI=1S/C13H19NO3/c1-4-17-12-8-6-5-7-10(12)11(14-2)9-13(15)16-3/h5-8,11,14H,4,9H2,1-3H3. The lowest BCUT2D eigenvalue weighted by molar-refractivity contribution is -0.141. The van der Waals surface area contributed by atoms with Crippen molar-refractivity contribution in [2.24, 2.45) is 0 Å². The summed E-state index contributed by atoms with van der Waals surface area (Å²) in [6.45, 7) is 2.54. The van der Waals surface area contributed by atoms with Crippen molar-refractivity contribution in [3.05, 3.63) is 29.8 Å². The number of hydrogen-bond acceptors (Lipinski definition) is 4. The molecule has 0 radical (unpaired) electrons. The van der Waals surface area contributed by atoms with E-state index in [4.69, 9.17) is 4.74 Å². The first kappa shape index (κ1) is 13.5. The predicted molar refractivity (Wildman–Crippen MR) is 66.0 cm³/mol. The summed E-state index contributed by atoms with van der Waals surface area (Å²) in [7, 11) is 3.21. The Labute approximate surface area is 102 Å². The van der Waals surface area contributed by atoms with Gasteiger partial charge in [0.1, 0.15) is 5.75 Å². The Bertz CT molecular complexity index is 365. The van der Waals surface area contributed by atoms with Crippen LogP contribution in [0, 0.1) is 0 Å². The molecule has 0 aromatic heterocycles. The van der Waals surface area contributed by atoms with Crippen molar-refractivity contribution in [3.63, 3.8) is 0 Å². The molecule has 4 nitrogen and oxygen atoms in total. The third kappa shape index (κ3) is 3.75. The molecule has 4 heteroatoms. The topological polar surface area (TPSA) is 47.6 Å². The lowest BCUT2D eigenvalue weighted by Crippen LogP contribution is -2.21. The molecule has 0 amide bonds. The fourth-order valence-electron chi connectivity index (χ4n) is 1.67. The second-order valence-electron chi connectivity index (χ2n) is 3.59. The molecule has 0 aliphatic carbocycles. The number of carbonyl (C=O) groups is 1. The summed E-state index contributed by atoms with van der Waals surface area (Å²) in [5.41, 5.74) is 0.974. The fraction of sp³-hybridized carbons (Fsp3) is 0.462. The lowest BCUT2D eigenvalue weighted by Gasteiger charge is -2.18. The van der Waals surface area contributed by atoms with Gasteiger partial charge in [-0.25, -0.2) is 0 Å². The first-order valence-electron chi connectivity index (χ1n) is 5.68. The first-order chi connectivity index (χ1) is 8.22. The SMILES string of the molecule is CCOc1ccccc1C(CC(=O)OC)NC. The molecule has 1 rings (SSSR count). The van der Waals surface area contributed by atoms with Crippen molar-refractivity contribution in [2.45, 2.75) is 19.4 Å². The molecule has 0 aliphatic rings. The summed E-state index contributed by atoms with van der Waals surface area (Å²) in [6, 6.07) is 7.61. The normalized spacial score (nSPS) is 11.9. The molecule has 0 bridgehead atoms. The number of para-hydroxylation sites is 1. The van der Waals surface area contributed by atoms with Crippen LogP contribution in [-0.2, 0) is 9.53 Å².